The van der Waals surface area contributed by atoms with Crippen LogP contribution < -0.4 is 10.3 Å². The second-order valence-corrected chi connectivity index (χ2v) is 6.20. The van der Waals surface area contributed by atoms with Gasteiger partial charge in [-0.15, -0.1) is 11.3 Å². The molecule has 0 aliphatic heterocycles. The zero-order valence-electron chi connectivity index (χ0n) is 10.0. The maximum absolute atomic E-state index is 11.8. The average molecular weight is 372 g/mol. The van der Waals surface area contributed by atoms with E-state index >= 15 is 0 Å². The fourth-order valence-electron chi connectivity index (χ4n) is 1.71. The van der Waals surface area contributed by atoms with E-state index in [1.54, 1.807) is 18.3 Å². The van der Waals surface area contributed by atoms with Gasteiger partial charge in [0, 0.05) is 22.1 Å². The zero-order chi connectivity index (χ0) is 14.1. The molecule has 0 aliphatic rings. The van der Waals surface area contributed by atoms with Gasteiger partial charge in [-0.05, 0) is 18.2 Å². The van der Waals surface area contributed by atoms with Crippen LogP contribution in [0.2, 0.25) is 5.02 Å². The second-order valence-electron chi connectivity index (χ2n) is 4.00. The Labute approximate surface area is 131 Å². The number of hydrogen-bond donors (Lipinski definition) is 0. The summed E-state index contributed by atoms with van der Waals surface area (Å²) in [5.41, 5.74) is 0.466. The Kier molecular flexibility index (Phi) is 3.78. The van der Waals surface area contributed by atoms with Crippen molar-refractivity contribution in [1.29, 1.82) is 0 Å². The highest BCUT2D eigenvalue weighted by Crippen LogP contribution is 2.28. The summed E-state index contributed by atoms with van der Waals surface area (Å²) >= 11 is 10.8. The van der Waals surface area contributed by atoms with Gasteiger partial charge in [0.1, 0.15) is 12.4 Å². The lowest BCUT2D eigenvalue weighted by Gasteiger charge is -2.07. The highest BCUT2D eigenvalue weighted by atomic mass is 79.9. The molecule has 0 saturated heterocycles. The summed E-state index contributed by atoms with van der Waals surface area (Å²) < 4.78 is 7.98. The van der Waals surface area contributed by atoms with E-state index in [9.17, 15) is 4.79 Å². The maximum Gasteiger partial charge on any atom is 0.258 e. The number of aromatic nitrogens is 2. The summed E-state index contributed by atoms with van der Waals surface area (Å²) in [5, 5.41) is 2.33. The smallest absolute Gasteiger partial charge is 0.258 e. The van der Waals surface area contributed by atoms with Crippen molar-refractivity contribution in [2.24, 2.45) is 0 Å². The maximum atomic E-state index is 11.8. The molecule has 0 atom stereocenters. The molecule has 0 amide bonds. The SMILES string of the molecule is O=c1cc(COc2ccc(Br)cc2Cl)nc2sccn12. The molecule has 2 heterocycles. The van der Waals surface area contributed by atoms with Gasteiger partial charge in [0.2, 0.25) is 0 Å². The molecule has 1 aromatic carbocycles. The van der Waals surface area contributed by atoms with Gasteiger partial charge in [0.15, 0.2) is 4.96 Å². The van der Waals surface area contributed by atoms with Crippen molar-refractivity contribution in [2.45, 2.75) is 6.61 Å². The molecule has 0 aliphatic carbocycles. The number of ether oxygens (including phenoxy) is 1. The van der Waals surface area contributed by atoms with Crippen molar-refractivity contribution in [1.82, 2.24) is 9.38 Å². The summed E-state index contributed by atoms with van der Waals surface area (Å²) in [4.78, 5) is 16.8. The number of thiazole rings is 1. The van der Waals surface area contributed by atoms with E-state index in [0.29, 0.717) is 21.4 Å². The molecule has 0 spiro atoms. The third-order valence-electron chi connectivity index (χ3n) is 2.63. The molecule has 0 bridgehead atoms. The first-order chi connectivity index (χ1) is 9.63. The van der Waals surface area contributed by atoms with Gasteiger partial charge < -0.3 is 4.74 Å². The van der Waals surface area contributed by atoms with Crippen LogP contribution in [0.3, 0.4) is 0 Å². The monoisotopic (exact) mass is 370 g/mol. The van der Waals surface area contributed by atoms with Crippen molar-refractivity contribution in [3.05, 3.63) is 61.4 Å². The van der Waals surface area contributed by atoms with Gasteiger partial charge in [-0.3, -0.25) is 9.20 Å². The Morgan fingerprint density at radius 1 is 1.40 bits per heavy atom. The molecule has 20 heavy (non-hydrogen) atoms. The van der Waals surface area contributed by atoms with E-state index in [1.807, 2.05) is 11.4 Å². The van der Waals surface area contributed by atoms with Crippen LogP contribution in [0.15, 0.2) is 45.1 Å². The Balaban J connectivity index is 1.84. The first-order valence-electron chi connectivity index (χ1n) is 5.67. The van der Waals surface area contributed by atoms with Gasteiger partial charge in [0.05, 0.1) is 10.7 Å². The van der Waals surface area contributed by atoms with Crippen molar-refractivity contribution < 1.29 is 4.74 Å². The standard InChI is InChI=1S/C13H8BrClN2O2S/c14-8-1-2-11(10(15)5-8)19-7-9-6-12(18)17-3-4-20-13(17)16-9/h1-6H,7H2. The molecule has 3 aromatic rings. The number of benzene rings is 1. The van der Waals surface area contributed by atoms with E-state index in [2.05, 4.69) is 20.9 Å². The largest absolute Gasteiger partial charge is 0.486 e. The van der Waals surface area contributed by atoms with Crippen LogP contribution in [0.1, 0.15) is 5.69 Å². The molecule has 3 rings (SSSR count). The topological polar surface area (TPSA) is 43.6 Å². The summed E-state index contributed by atoms with van der Waals surface area (Å²) in [6, 6.07) is 6.82. The summed E-state index contributed by atoms with van der Waals surface area (Å²) in [6.45, 7) is 0.199. The van der Waals surface area contributed by atoms with E-state index in [1.165, 1.54) is 21.8 Å². The number of hydrogen-bond acceptors (Lipinski definition) is 4. The first-order valence-corrected chi connectivity index (χ1v) is 7.72. The highest BCUT2D eigenvalue weighted by molar-refractivity contribution is 9.10. The molecule has 7 heteroatoms. The minimum absolute atomic E-state index is 0.114. The van der Waals surface area contributed by atoms with Crippen LogP contribution in [0.25, 0.3) is 4.96 Å². The van der Waals surface area contributed by atoms with Crippen LogP contribution in [0.5, 0.6) is 5.75 Å². The molecule has 4 nitrogen and oxygen atoms in total. The first kappa shape index (κ1) is 13.6. The second kappa shape index (κ2) is 5.55. The third kappa shape index (κ3) is 2.72. The van der Waals surface area contributed by atoms with E-state index in [-0.39, 0.29) is 12.2 Å². The van der Waals surface area contributed by atoms with E-state index in [0.717, 1.165) is 4.47 Å². The Hall–Kier alpha value is -1.37. The van der Waals surface area contributed by atoms with Gasteiger partial charge in [0.25, 0.3) is 5.56 Å². The Morgan fingerprint density at radius 2 is 2.25 bits per heavy atom. The van der Waals surface area contributed by atoms with Crippen LogP contribution in [-0.2, 0) is 6.61 Å². The molecule has 0 unspecified atom stereocenters. The zero-order valence-corrected chi connectivity index (χ0v) is 13.2. The van der Waals surface area contributed by atoms with Crippen LogP contribution in [0, 0.1) is 0 Å². The Morgan fingerprint density at radius 3 is 3.05 bits per heavy atom. The summed E-state index contributed by atoms with van der Waals surface area (Å²) in [5.74, 6) is 0.558. The van der Waals surface area contributed by atoms with Gasteiger partial charge >= 0.3 is 0 Å². The summed E-state index contributed by atoms with van der Waals surface area (Å²) in [7, 11) is 0. The summed E-state index contributed by atoms with van der Waals surface area (Å²) in [6.07, 6.45) is 1.70. The lowest BCUT2D eigenvalue weighted by Crippen LogP contribution is -2.14. The molecule has 0 fully saturated rings. The fraction of sp³-hybridized carbons (Fsp3) is 0.0769. The van der Waals surface area contributed by atoms with E-state index in [4.69, 9.17) is 16.3 Å². The van der Waals surface area contributed by atoms with Crippen molar-refractivity contribution in [3.8, 4) is 5.75 Å². The molecular weight excluding hydrogens is 364 g/mol. The molecule has 102 valence electrons. The minimum Gasteiger partial charge on any atom is -0.486 e. The van der Waals surface area contributed by atoms with Crippen molar-refractivity contribution in [2.75, 3.05) is 0 Å². The predicted molar refractivity (Wildman–Crippen MR) is 82.8 cm³/mol. The number of halogens is 2. The molecule has 0 radical (unpaired) electrons. The highest BCUT2D eigenvalue weighted by Gasteiger charge is 2.06. The minimum atomic E-state index is -0.114. The van der Waals surface area contributed by atoms with Gasteiger partial charge in [-0.1, -0.05) is 27.5 Å². The predicted octanol–water partition coefficient (Wildman–Crippen LogP) is 3.75. The quantitative estimate of drug-likeness (QED) is 0.704. The van der Waals surface area contributed by atoms with Gasteiger partial charge in [-0.25, -0.2) is 4.98 Å². The van der Waals surface area contributed by atoms with Crippen molar-refractivity contribution >= 4 is 43.8 Å². The molecular formula is C13H8BrClN2O2S. The van der Waals surface area contributed by atoms with Crippen LogP contribution >= 0.6 is 38.9 Å². The fourth-order valence-corrected chi connectivity index (χ4v) is 3.17. The lowest BCUT2D eigenvalue weighted by atomic mass is 10.3. The number of fused-ring (bicyclic) bond motifs is 1. The van der Waals surface area contributed by atoms with Crippen LogP contribution in [0.4, 0.5) is 0 Å². The Bertz CT molecular complexity index is 831. The normalized spacial score (nSPS) is 10.9. The molecule has 2 aromatic heterocycles. The third-order valence-corrected chi connectivity index (χ3v) is 4.17. The number of rotatable bonds is 3. The lowest BCUT2D eigenvalue weighted by molar-refractivity contribution is 0.301. The average Bonchev–Trinajstić information content (AvgIpc) is 2.86. The van der Waals surface area contributed by atoms with E-state index < -0.39 is 0 Å². The molecule has 0 saturated carbocycles. The molecule has 0 N–H and O–H groups in total. The van der Waals surface area contributed by atoms with Crippen molar-refractivity contribution in [3.63, 3.8) is 0 Å². The number of nitrogens with zero attached hydrogens (tertiary/aromatic N) is 2. The van der Waals surface area contributed by atoms with Crippen LogP contribution in [-0.4, -0.2) is 9.38 Å². The van der Waals surface area contributed by atoms with Gasteiger partial charge in [-0.2, -0.15) is 0 Å².